The zero-order valence-electron chi connectivity index (χ0n) is 17.7. The van der Waals surface area contributed by atoms with Crippen LogP contribution in [0.2, 0.25) is 0 Å². The van der Waals surface area contributed by atoms with E-state index in [1.54, 1.807) is 6.07 Å². The summed E-state index contributed by atoms with van der Waals surface area (Å²) in [4.78, 5) is 12.3. The Labute approximate surface area is 186 Å². The fourth-order valence-electron chi connectivity index (χ4n) is 3.14. The number of nitrogens with zero attached hydrogens (tertiary/aromatic N) is 2. The van der Waals surface area contributed by atoms with Gasteiger partial charge in [-0.3, -0.25) is 4.79 Å². The number of ether oxygens (including phenoxy) is 2. The van der Waals surface area contributed by atoms with E-state index in [1.807, 2.05) is 79.7 Å². The summed E-state index contributed by atoms with van der Waals surface area (Å²) in [6, 6.07) is 28.8. The highest BCUT2D eigenvalue weighted by atomic mass is 16.5. The Hall–Kier alpha value is -4.19. The highest BCUT2D eigenvalue weighted by Gasteiger charge is 2.06. The molecule has 4 aromatic rings. The SMILES string of the molecule is CCOc1ccc(-c2ccc(NC(=O)COc3ccc(-c4ccccc4)cc3)cc2)nn1. The fourth-order valence-corrected chi connectivity index (χ4v) is 3.14. The molecular formula is C26H23N3O3. The van der Waals surface area contributed by atoms with Crippen LogP contribution in [0.4, 0.5) is 5.69 Å². The Balaban J connectivity index is 1.29. The molecule has 0 fully saturated rings. The molecule has 0 unspecified atom stereocenters. The predicted octanol–water partition coefficient (Wildman–Crippen LogP) is 5.23. The van der Waals surface area contributed by atoms with Crippen LogP contribution in [-0.4, -0.2) is 29.3 Å². The number of hydrogen-bond donors (Lipinski definition) is 1. The number of aromatic nitrogens is 2. The molecular weight excluding hydrogens is 402 g/mol. The summed E-state index contributed by atoms with van der Waals surface area (Å²) in [6.07, 6.45) is 0. The minimum absolute atomic E-state index is 0.0726. The molecule has 0 bridgehead atoms. The molecule has 1 N–H and O–H groups in total. The zero-order valence-corrected chi connectivity index (χ0v) is 17.7. The number of benzene rings is 3. The van der Waals surface area contributed by atoms with E-state index in [2.05, 4.69) is 27.6 Å². The number of hydrogen-bond acceptors (Lipinski definition) is 5. The van der Waals surface area contributed by atoms with Crippen LogP contribution < -0.4 is 14.8 Å². The average Bonchev–Trinajstić information content (AvgIpc) is 2.85. The van der Waals surface area contributed by atoms with Crippen molar-refractivity contribution < 1.29 is 14.3 Å². The van der Waals surface area contributed by atoms with Crippen molar-refractivity contribution in [1.82, 2.24) is 10.2 Å². The lowest BCUT2D eigenvalue weighted by Gasteiger charge is -2.09. The molecule has 6 nitrogen and oxygen atoms in total. The normalized spacial score (nSPS) is 10.4. The van der Waals surface area contributed by atoms with Gasteiger partial charge in [-0.2, -0.15) is 0 Å². The van der Waals surface area contributed by atoms with Crippen LogP contribution in [0.1, 0.15) is 6.92 Å². The Morgan fingerprint density at radius 3 is 2.09 bits per heavy atom. The Morgan fingerprint density at radius 2 is 1.44 bits per heavy atom. The maximum absolute atomic E-state index is 12.3. The molecule has 0 spiro atoms. The van der Waals surface area contributed by atoms with E-state index in [4.69, 9.17) is 9.47 Å². The highest BCUT2D eigenvalue weighted by molar-refractivity contribution is 5.92. The third-order valence-corrected chi connectivity index (χ3v) is 4.73. The van der Waals surface area contributed by atoms with Crippen LogP contribution >= 0.6 is 0 Å². The minimum atomic E-state index is -0.231. The molecule has 0 aliphatic carbocycles. The van der Waals surface area contributed by atoms with Gasteiger partial charge in [0, 0.05) is 17.3 Å². The Bertz CT molecular complexity index is 1140. The van der Waals surface area contributed by atoms with E-state index in [0.717, 1.165) is 22.4 Å². The maximum Gasteiger partial charge on any atom is 0.262 e. The van der Waals surface area contributed by atoms with Gasteiger partial charge in [0.25, 0.3) is 5.91 Å². The largest absolute Gasteiger partial charge is 0.484 e. The van der Waals surface area contributed by atoms with E-state index in [-0.39, 0.29) is 12.5 Å². The number of carbonyl (C=O) groups is 1. The molecule has 32 heavy (non-hydrogen) atoms. The van der Waals surface area contributed by atoms with Gasteiger partial charge in [-0.1, -0.05) is 54.6 Å². The predicted molar refractivity (Wildman–Crippen MR) is 125 cm³/mol. The first-order valence-electron chi connectivity index (χ1n) is 10.4. The first kappa shape index (κ1) is 21.1. The van der Waals surface area contributed by atoms with Gasteiger partial charge in [0.15, 0.2) is 6.61 Å². The van der Waals surface area contributed by atoms with Crippen molar-refractivity contribution in [2.75, 3.05) is 18.5 Å². The fraction of sp³-hybridized carbons (Fsp3) is 0.115. The topological polar surface area (TPSA) is 73.3 Å². The molecule has 4 rings (SSSR count). The lowest BCUT2D eigenvalue weighted by Crippen LogP contribution is -2.20. The third kappa shape index (κ3) is 5.49. The van der Waals surface area contributed by atoms with Gasteiger partial charge >= 0.3 is 0 Å². The smallest absolute Gasteiger partial charge is 0.262 e. The summed E-state index contributed by atoms with van der Waals surface area (Å²) < 4.78 is 10.9. The quantitative estimate of drug-likeness (QED) is 0.419. The van der Waals surface area contributed by atoms with Crippen molar-refractivity contribution in [3.05, 3.63) is 91.0 Å². The van der Waals surface area contributed by atoms with Crippen LogP contribution in [0.3, 0.4) is 0 Å². The third-order valence-electron chi connectivity index (χ3n) is 4.73. The van der Waals surface area contributed by atoms with Crippen molar-refractivity contribution in [3.63, 3.8) is 0 Å². The first-order chi connectivity index (χ1) is 15.7. The standard InChI is InChI=1S/C26H23N3O3/c1-2-31-26-17-16-24(28-29-26)21-8-12-22(13-9-21)27-25(30)18-32-23-14-10-20(11-15-23)19-6-4-3-5-7-19/h3-17H,2,18H2,1H3,(H,27,30). The van der Waals surface area contributed by atoms with Crippen LogP contribution in [-0.2, 0) is 4.79 Å². The van der Waals surface area contributed by atoms with Gasteiger partial charge < -0.3 is 14.8 Å². The van der Waals surface area contributed by atoms with Crippen LogP contribution in [0, 0.1) is 0 Å². The molecule has 0 aliphatic heterocycles. The summed E-state index contributed by atoms with van der Waals surface area (Å²) in [7, 11) is 0. The van der Waals surface area contributed by atoms with Crippen molar-refractivity contribution in [3.8, 4) is 34.0 Å². The second-order valence-corrected chi connectivity index (χ2v) is 6.99. The van der Waals surface area contributed by atoms with Crippen LogP contribution in [0.5, 0.6) is 11.6 Å². The molecule has 0 saturated carbocycles. The number of amides is 1. The van der Waals surface area contributed by atoms with E-state index in [0.29, 0.717) is 23.9 Å². The summed E-state index contributed by atoms with van der Waals surface area (Å²) in [5.74, 6) is 0.907. The zero-order chi connectivity index (χ0) is 22.2. The van der Waals surface area contributed by atoms with Gasteiger partial charge in [-0.15, -0.1) is 10.2 Å². The number of carbonyl (C=O) groups excluding carboxylic acids is 1. The molecule has 1 heterocycles. The van der Waals surface area contributed by atoms with E-state index < -0.39 is 0 Å². The van der Waals surface area contributed by atoms with Crippen LogP contribution in [0.25, 0.3) is 22.4 Å². The van der Waals surface area contributed by atoms with Crippen LogP contribution in [0.15, 0.2) is 91.0 Å². The number of rotatable bonds is 8. The van der Waals surface area contributed by atoms with Crippen molar-refractivity contribution in [1.29, 1.82) is 0 Å². The minimum Gasteiger partial charge on any atom is -0.484 e. The van der Waals surface area contributed by atoms with Gasteiger partial charge in [-0.05, 0) is 48.4 Å². The molecule has 0 saturated heterocycles. The first-order valence-corrected chi connectivity index (χ1v) is 10.4. The van der Waals surface area contributed by atoms with E-state index in [1.165, 1.54) is 0 Å². The van der Waals surface area contributed by atoms with Gasteiger partial charge in [0.1, 0.15) is 5.75 Å². The summed E-state index contributed by atoms with van der Waals surface area (Å²) in [6.45, 7) is 2.37. The number of anilines is 1. The molecule has 6 heteroatoms. The molecule has 0 aliphatic rings. The Morgan fingerprint density at radius 1 is 0.750 bits per heavy atom. The molecule has 1 aromatic heterocycles. The second-order valence-electron chi connectivity index (χ2n) is 6.99. The van der Waals surface area contributed by atoms with Crippen molar-refractivity contribution in [2.24, 2.45) is 0 Å². The molecule has 0 radical (unpaired) electrons. The molecule has 160 valence electrons. The summed E-state index contributed by atoms with van der Waals surface area (Å²) in [5, 5.41) is 11.0. The molecule has 0 atom stereocenters. The lowest BCUT2D eigenvalue weighted by molar-refractivity contribution is -0.118. The summed E-state index contributed by atoms with van der Waals surface area (Å²) in [5.41, 5.74) is 4.54. The molecule has 1 amide bonds. The van der Waals surface area contributed by atoms with Gasteiger partial charge in [0.2, 0.25) is 5.88 Å². The summed E-state index contributed by atoms with van der Waals surface area (Å²) >= 11 is 0. The van der Waals surface area contributed by atoms with Crippen molar-refractivity contribution >= 4 is 11.6 Å². The maximum atomic E-state index is 12.3. The second kappa shape index (κ2) is 10.2. The lowest BCUT2D eigenvalue weighted by atomic mass is 10.1. The monoisotopic (exact) mass is 425 g/mol. The molecule has 3 aromatic carbocycles. The number of nitrogens with one attached hydrogen (secondary N) is 1. The highest BCUT2D eigenvalue weighted by Crippen LogP contribution is 2.23. The Kier molecular flexibility index (Phi) is 6.72. The van der Waals surface area contributed by atoms with Crippen molar-refractivity contribution in [2.45, 2.75) is 6.92 Å². The van der Waals surface area contributed by atoms with E-state index in [9.17, 15) is 4.79 Å². The van der Waals surface area contributed by atoms with Gasteiger partial charge in [-0.25, -0.2) is 0 Å². The average molecular weight is 425 g/mol. The van der Waals surface area contributed by atoms with E-state index >= 15 is 0 Å². The van der Waals surface area contributed by atoms with Gasteiger partial charge in [0.05, 0.1) is 12.3 Å².